The lowest BCUT2D eigenvalue weighted by Crippen LogP contribution is -1.91. The van der Waals surface area contributed by atoms with Gasteiger partial charge in [-0.1, -0.05) is 22.9 Å². The van der Waals surface area contributed by atoms with E-state index in [4.69, 9.17) is 0 Å². The summed E-state index contributed by atoms with van der Waals surface area (Å²) in [6.07, 6.45) is 1.07. The van der Waals surface area contributed by atoms with Gasteiger partial charge in [0.15, 0.2) is 0 Å². The standard InChI is InChI=1S/C11H13BrN2S2/c1-3-8-6-9-10(15-5-4-12)13-7(2)14-11(9)16-8/h6H,3-5H2,1-2H3. The first-order chi connectivity index (χ1) is 7.74. The van der Waals surface area contributed by atoms with Gasteiger partial charge in [-0.05, 0) is 19.4 Å². The van der Waals surface area contributed by atoms with Crippen molar-refractivity contribution in [1.29, 1.82) is 0 Å². The molecule has 0 unspecified atom stereocenters. The first-order valence-corrected chi connectivity index (χ1v) is 8.12. The molecule has 0 aliphatic heterocycles. The lowest BCUT2D eigenvalue weighted by atomic mass is 10.3. The van der Waals surface area contributed by atoms with E-state index in [2.05, 4.69) is 38.9 Å². The lowest BCUT2D eigenvalue weighted by Gasteiger charge is -2.01. The number of thioether (sulfide) groups is 1. The van der Waals surface area contributed by atoms with Gasteiger partial charge in [-0.25, -0.2) is 9.97 Å². The third-order valence-electron chi connectivity index (χ3n) is 2.19. The van der Waals surface area contributed by atoms with E-state index in [-0.39, 0.29) is 0 Å². The Labute approximate surface area is 112 Å². The van der Waals surface area contributed by atoms with Crippen LogP contribution in [0.3, 0.4) is 0 Å². The van der Waals surface area contributed by atoms with Crippen molar-refractivity contribution in [2.24, 2.45) is 0 Å². The van der Waals surface area contributed by atoms with E-state index >= 15 is 0 Å². The number of thiophene rings is 1. The van der Waals surface area contributed by atoms with Crippen LogP contribution in [0.25, 0.3) is 10.2 Å². The number of hydrogen-bond donors (Lipinski definition) is 0. The summed E-state index contributed by atoms with van der Waals surface area (Å²) >= 11 is 7.03. The van der Waals surface area contributed by atoms with E-state index in [9.17, 15) is 0 Å². The van der Waals surface area contributed by atoms with Crippen LogP contribution in [0.4, 0.5) is 0 Å². The Balaban J connectivity index is 2.48. The number of aromatic nitrogens is 2. The van der Waals surface area contributed by atoms with Gasteiger partial charge in [0, 0.05) is 21.3 Å². The maximum Gasteiger partial charge on any atom is 0.128 e. The number of hydrogen-bond acceptors (Lipinski definition) is 4. The Morgan fingerprint density at radius 2 is 2.25 bits per heavy atom. The van der Waals surface area contributed by atoms with Gasteiger partial charge in [0.1, 0.15) is 15.7 Å². The van der Waals surface area contributed by atoms with Crippen molar-refractivity contribution < 1.29 is 0 Å². The molecule has 0 radical (unpaired) electrons. The molecule has 2 heterocycles. The third-order valence-corrected chi connectivity index (χ3v) is 5.27. The highest BCUT2D eigenvalue weighted by Gasteiger charge is 2.09. The van der Waals surface area contributed by atoms with Crippen molar-refractivity contribution in [3.05, 3.63) is 16.8 Å². The summed E-state index contributed by atoms with van der Waals surface area (Å²) in [6.45, 7) is 4.14. The van der Waals surface area contributed by atoms with E-state index in [1.54, 1.807) is 23.1 Å². The molecule has 5 heteroatoms. The predicted octanol–water partition coefficient (Wildman–Crippen LogP) is 4.05. The molecule has 0 amide bonds. The van der Waals surface area contributed by atoms with Gasteiger partial charge in [-0.3, -0.25) is 0 Å². The fourth-order valence-corrected chi connectivity index (χ4v) is 3.81. The minimum Gasteiger partial charge on any atom is -0.226 e. The van der Waals surface area contributed by atoms with Crippen LogP contribution in [0, 0.1) is 6.92 Å². The molecule has 2 aromatic heterocycles. The number of alkyl halides is 1. The fourth-order valence-electron chi connectivity index (χ4n) is 1.47. The van der Waals surface area contributed by atoms with Crippen molar-refractivity contribution in [2.75, 3.05) is 11.1 Å². The van der Waals surface area contributed by atoms with Gasteiger partial charge in [0.25, 0.3) is 0 Å². The summed E-state index contributed by atoms with van der Waals surface area (Å²) in [5.74, 6) is 1.91. The second kappa shape index (κ2) is 5.47. The van der Waals surface area contributed by atoms with E-state index in [0.717, 1.165) is 33.2 Å². The molecule has 86 valence electrons. The maximum absolute atomic E-state index is 4.52. The molecule has 0 fully saturated rings. The predicted molar refractivity (Wildman–Crippen MR) is 76.0 cm³/mol. The molecule has 2 nitrogen and oxygen atoms in total. The van der Waals surface area contributed by atoms with Crippen LogP contribution in [0.2, 0.25) is 0 Å². The van der Waals surface area contributed by atoms with Crippen LogP contribution in [0.15, 0.2) is 11.1 Å². The second-order valence-corrected chi connectivity index (χ2v) is 6.39. The van der Waals surface area contributed by atoms with Gasteiger partial charge in [0.05, 0.1) is 0 Å². The molecular formula is C11H13BrN2S2. The van der Waals surface area contributed by atoms with Crippen LogP contribution in [-0.2, 0) is 6.42 Å². The molecule has 2 aromatic rings. The molecule has 0 bridgehead atoms. The Bertz CT molecular complexity index is 496. The average molecular weight is 317 g/mol. The highest BCUT2D eigenvalue weighted by molar-refractivity contribution is 9.09. The van der Waals surface area contributed by atoms with Crippen molar-refractivity contribution in [3.8, 4) is 0 Å². The van der Waals surface area contributed by atoms with E-state index in [1.165, 1.54) is 10.3 Å². The molecule has 0 spiro atoms. The minimum atomic E-state index is 0.870. The molecule has 16 heavy (non-hydrogen) atoms. The number of aryl methyl sites for hydroxylation is 2. The van der Waals surface area contributed by atoms with Crippen LogP contribution in [-0.4, -0.2) is 21.1 Å². The topological polar surface area (TPSA) is 25.8 Å². The van der Waals surface area contributed by atoms with Crippen LogP contribution in [0.5, 0.6) is 0 Å². The summed E-state index contributed by atoms with van der Waals surface area (Å²) in [6, 6.07) is 2.23. The summed E-state index contributed by atoms with van der Waals surface area (Å²) in [4.78, 5) is 11.5. The van der Waals surface area contributed by atoms with Crippen molar-refractivity contribution in [1.82, 2.24) is 9.97 Å². The van der Waals surface area contributed by atoms with Crippen LogP contribution >= 0.6 is 39.0 Å². The molecule has 0 atom stereocenters. The quantitative estimate of drug-likeness (QED) is 0.483. The molecule has 0 aliphatic rings. The fraction of sp³-hybridized carbons (Fsp3) is 0.455. The van der Waals surface area contributed by atoms with Crippen LogP contribution in [0.1, 0.15) is 17.6 Å². The van der Waals surface area contributed by atoms with Crippen molar-refractivity contribution in [2.45, 2.75) is 25.3 Å². The normalized spacial score (nSPS) is 11.2. The van der Waals surface area contributed by atoms with Gasteiger partial charge < -0.3 is 0 Å². The molecule has 2 rings (SSSR count). The lowest BCUT2D eigenvalue weighted by molar-refractivity contribution is 1.02. The van der Waals surface area contributed by atoms with Crippen molar-refractivity contribution in [3.63, 3.8) is 0 Å². The molecule has 0 saturated heterocycles. The number of fused-ring (bicyclic) bond motifs is 1. The van der Waals surface area contributed by atoms with E-state index < -0.39 is 0 Å². The summed E-state index contributed by atoms with van der Waals surface area (Å²) in [5, 5.41) is 3.34. The molecular weight excluding hydrogens is 304 g/mol. The molecule has 0 aromatic carbocycles. The number of halogens is 1. The highest BCUT2D eigenvalue weighted by Crippen LogP contribution is 2.31. The SMILES string of the molecule is CCc1cc2c(SCCBr)nc(C)nc2s1. The third kappa shape index (κ3) is 2.57. The van der Waals surface area contributed by atoms with Gasteiger partial charge in [-0.2, -0.15) is 0 Å². The Kier molecular flexibility index (Phi) is 4.21. The second-order valence-electron chi connectivity index (χ2n) is 3.40. The number of rotatable bonds is 4. The summed E-state index contributed by atoms with van der Waals surface area (Å²) < 4.78 is 0. The monoisotopic (exact) mass is 316 g/mol. The zero-order valence-corrected chi connectivity index (χ0v) is 12.5. The maximum atomic E-state index is 4.52. The largest absolute Gasteiger partial charge is 0.226 e. The zero-order chi connectivity index (χ0) is 11.5. The summed E-state index contributed by atoms with van der Waals surface area (Å²) in [5.41, 5.74) is 0. The Morgan fingerprint density at radius 3 is 2.94 bits per heavy atom. The average Bonchev–Trinajstić information content (AvgIpc) is 2.68. The van der Waals surface area contributed by atoms with Crippen molar-refractivity contribution >= 4 is 49.2 Å². The van der Waals surface area contributed by atoms with Gasteiger partial charge in [-0.15, -0.1) is 23.1 Å². The minimum absolute atomic E-state index is 0.870. The Morgan fingerprint density at radius 1 is 1.44 bits per heavy atom. The first kappa shape index (κ1) is 12.3. The van der Waals surface area contributed by atoms with E-state index in [1.807, 2.05) is 6.92 Å². The Hall–Kier alpha value is -0.130. The van der Waals surface area contributed by atoms with Crippen LogP contribution < -0.4 is 0 Å². The van der Waals surface area contributed by atoms with E-state index in [0.29, 0.717) is 0 Å². The first-order valence-electron chi connectivity index (χ1n) is 5.20. The molecule has 0 saturated carbocycles. The van der Waals surface area contributed by atoms with Gasteiger partial charge >= 0.3 is 0 Å². The smallest absolute Gasteiger partial charge is 0.128 e. The number of nitrogens with zero attached hydrogens (tertiary/aromatic N) is 2. The zero-order valence-electron chi connectivity index (χ0n) is 9.29. The highest BCUT2D eigenvalue weighted by atomic mass is 79.9. The van der Waals surface area contributed by atoms with Gasteiger partial charge in [0.2, 0.25) is 0 Å². The molecule has 0 N–H and O–H groups in total. The molecule has 0 aliphatic carbocycles. The summed E-state index contributed by atoms with van der Waals surface area (Å²) in [7, 11) is 0.